The first kappa shape index (κ1) is 19.4. The maximum atomic E-state index is 12.5. The second kappa shape index (κ2) is 7.18. The van der Waals surface area contributed by atoms with Crippen LogP contribution in [0.3, 0.4) is 0 Å². The molecule has 0 radical (unpaired) electrons. The first-order chi connectivity index (χ1) is 13.8. The number of sulfonamides is 1. The van der Waals surface area contributed by atoms with Crippen LogP contribution in [0.2, 0.25) is 5.02 Å². The maximum absolute atomic E-state index is 12.5. The van der Waals surface area contributed by atoms with Crippen molar-refractivity contribution in [3.63, 3.8) is 0 Å². The Morgan fingerprint density at radius 1 is 1.21 bits per heavy atom. The fourth-order valence-electron chi connectivity index (χ4n) is 3.34. The lowest BCUT2D eigenvalue weighted by Gasteiger charge is -2.17. The summed E-state index contributed by atoms with van der Waals surface area (Å²) in [7, 11) is -3.82. The second-order valence-corrected chi connectivity index (χ2v) is 8.51. The summed E-state index contributed by atoms with van der Waals surface area (Å²) >= 11 is 6.23. The van der Waals surface area contributed by atoms with E-state index in [1.54, 1.807) is 24.3 Å². The number of H-pyrrole nitrogens is 1. The third-order valence-corrected chi connectivity index (χ3v) is 6.05. The van der Waals surface area contributed by atoms with Gasteiger partial charge in [0.1, 0.15) is 5.69 Å². The molecule has 0 saturated heterocycles. The Kier molecular flexibility index (Phi) is 4.81. The number of anilines is 1. The molecule has 29 heavy (non-hydrogen) atoms. The number of nitrogens with zero attached hydrogens (tertiary/aromatic N) is 1. The molecule has 1 aliphatic heterocycles. The lowest BCUT2D eigenvalue weighted by Crippen LogP contribution is -2.33. The first-order valence-corrected chi connectivity index (χ1v) is 10.6. The molecule has 8 nitrogen and oxygen atoms in total. The summed E-state index contributed by atoms with van der Waals surface area (Å²) in [5.74, 6) is -1.16. The quantitative estimate of drug-likeness (QED) is 0.611. The molecule has 150 valence electrons. The van der Waals surface area contributed by atoms with Gasteiger partial charge in [-0.1, -0.05) is 29.8 Å². The van der Waals surface area contributed by atoms with Gasteiger partial charge in [0, 0.05) is 23.1 Å². The van der Waals surface area contributed by atoms with Crippen molar-refractivity contribution in [2.45, 2.75) is 11.3 Å². The Balaban J connectivity index is 1.47. The fourth-order valence-corrected chi connectivity index (χ4v) is 4.19. The third kappa shape index (κ3) is 3.59. The summed E-state index contributed by atoms with van der Waals surface area (Å²) in [5.41, 5.74) is 2.03. The van der Waals surface area contributed by atoms with Crippen molar-refractivity contribution >= 4 is 50.1 Å². The average Bonchev–Trinajstić information content (AvgIpc) is 3.26. The number of nitrogens with two attached hydrogens (primary N) is 1. The number of aromatic nitrogens is 1. The number of hydrogen-bond donors (Lipinski definition) is 2. The van der Waals surface area contributed by atoms with Crippen LogP contribution in [-0.2, 0) is 26.0 Å². The van der Waals surface area contributed by atoms with E-state index in [2.05, 4.69) is 4.98 Å². The normalized spacial score (nSPS) is 13.5. The van der Waals surface area contributed by atoms with Gasteiger partial charge in [0.2, 0.25) is 10.0 Å². The third-order valence-electron chi connectivity index (χ3n) is 4.75. The Morgan fingerprint density at radius 2 is 1.97 bits per heavy atom. The van der Waals surface area contributed by atoms with E-state index in [9.17, 15) is 18.0 Å². The average molecular weight is 434 g/mol. The number of hydrogen-bond acceptors (Lipinski definition) is 5. The van der Waals surface area contributed by atoms with Gasteiger partial charge in [-0.2, -0.15) is 0 Å². The molecule has 2 aromatic carbocycles. The summed E-state index contributed by atoms with van der Waals surface area (Å²) in [4.78, 5) is 29.2. The number of aromatic amines is 1. The predicted molar refractivity (Wildman–Crippen MR) is 107 cm³/mol. The van der Waals surface area contributed by atoms with E-state index in [1.165, 1.54) is 23.1 Å². The summed E-state index contributed by atoms with van der Waals surface area (Å²) in [6.07, 6.45) is 0.478. The molecule has 0 fully saturated rings. The highest BCUT2D eigenvalue weighted by Gasteiger charge is 2.27. The van der Waals surface area contributed by atoms with Gasteiger partial charge in [0.05, 0.1) is 9.92 Å². The van der Waals surface area contributed by atoms with Crippen LogP contribution in [0.4, 0.5) is 5.69 Å². The lowest BCUT2D eigenvalue weighted by atomic mass is 10.2. The topological polar surface area (TPSA) is 123 Å². The molecular formula is C19H16ClN3O5S. The van der Waals surface area contributed by atoms with Gasteiger partial charge in [0.25, 0.3) is 5.91 Å². The van der Waals surface area contributed by atoms with Crippen LogP contribution < -0.4 is 10.0 Å². The fraction of sp³-hybridized carbons (Fsp3) is 0.158. The molecule has 4 rings (SSSR count). The molecule has 0 bridgehead atoms. The van der Waals surface area contributed by atoms with E-state index in [4.69, 9.17) is 21.5 Å². The summed E-state index contributed by atoms with van der Waals surface area (Å²) < 4.78 is 28.1. The van der Waals surface area contributed by atoms with Crippen molar-refractivity contribution in [2.75, 3.05) is 18.1 Å². The van der Waals surface area contributed by atoms with E-state index < -0.39 is 28.5 Å². The van der Waals surface area contributed by atoms with Crippen LogP contribution in [0.15, 0.2) is 47.4 Å². The molecule has 0 saturated carbocycles. The van der Waals surface area contributed by atoms with Crippen molar-refractivity contribution < 1.29 is 22.7 Å². The number of esters is 1. The SMILES string of the molecule is NS(=O)(=O)c1ccc2c(c1)CCN2C(=O)COC(=O)c1[nH]c2ccccc2c1Cl. The molecule has 0 unspecified atom stereocenters. The van der Waals surface area contributed by atoms with E-state index in [1.807, 2.05) is 0 Å². The van der Waals surface area contributed by atoms with Gasteiger partial charge in [0.15, 0.2) is 6.61 Å². The lowest BCUT2D eigenvalue weighted by molar-refractivity contribution is -0.121. The second-order valence-electron chi connectivity index (χ2n) is 6.57. The zero-order chi connectivity index (χ0) is 20.8. The van der Waals surface area contributed by atoms with Crippen molar-refractivity contribution in [2.24, 2.45) is 5.14 Å². The first-order valence-electron chi connectivity index (χ1n) is 8.65. The highest BCUT2D eigenvalue weighted by molar-refractivity contribution is 7.89. The van der Waals surface area contributed by atoms with E-state index in [0.717, 1.165) is 0 Å². The van der Waals surface area contributed by atoms with E-state index in [-0.39, 0.29) is 15.6 Å². The van der Waals surface area contributed by atoms with Crippen molar-refractivity contribution in [1.82, 2.24) is 4.98 Å². The standard InChI is InChI=1S/C19H16ClN3O5S/c20-17-13-3-1-2-4-14(13)22-18(17)19(25)28-10-16(24)23-8-7-11-9-12(29(21,26)27)5-6-15(11)23/h1-6,9,22H,7-8,10H2,(H2,21,26,27). The minimum atomic E-state index is -3.82. The molecule has 3 N–H and O–H groups in total. The minimum Gasteiger partial charge on any atom is -0.451 e. The van der Waals surface area contributed by atoms with Crippen LogP contribution in [0, 0.1) is 0 Å². The van der Waals surface area contributed by atoms with Crippen LogP contribution in [0.25, 0.3) is 10.9 Å². The van der Waals surface area contributed by atoms with Crippen molar-refractivity contribution in [1.29, 1.82) is 0 Å². The molecule has 0 spiro atoms. The number of amides is 1. The Bertz CT molecular complexity index is 1250. The zero-order valence-electron chi connectivity index (χ0n) is 15.0. The maximum Gasteiger partial charge on any atom is 0.356 e. The number of rotatable bonds is 4. The number of carbonyl (C=O) groups is 2. The molecule has 3 aromatic rings. The smallest absolute Gasteiger partial charge is 0.356 e. The van der Waals surface area contributed by atoms with Gasteiger partial charge in [-0.25, -0.2) is 18.4 Å². The largest absolute Gasteiger partial charge is 0.451 e. The summed E-state index contributed by atoms with van der Waals surface area (Å²) in [6, 6.07) is 11.5. The van der Waals surface area contributed by atoms with Crippen LogP contribution in [0.1, 0.15) is 16.1 Å². The number of primary sulfonamides is 1. The number of para-hydroxylation sites is 1. The molecule has 0 aliphatic carbocycles. The van der Waals surface area contributed by atoms with Gasteiger partial charge in [-0.05, 0) is 36.2 Å². The molecule has 10 heteroatoms. The Morgan fingerprint density at radius 3 is 2.69 bits per heavy atom. The number of fused-ring (bicyclic) bond motifs is 2. The van der Waals surface area contributed by atoms with Gasteiger partial charge < -0.3 is 14.6 Å². The van der Waals surface area contributed by atoms with Crippen molar-refractivity contribution in [3.8, 4) is 0 Å². The summed E-state index contributed by atoms with van der Waals surface area (Å²) in [5, 5.41) is 6.06. The van der Waals surface area contributed by atoms with Crippen LogP contribution in [-0.4, -0.2) is 38.4 Å². The van der Waals surface area contributed by atoms with E-state index >= 15 is 0 Å². The van der Waals surface area contributed by atoms with Crippen LogP contribution >= 0.6 is 11.6 Å². The van der Waals surface area contributed by atoms with Gasteiger partial charge in [-0.15, -0.1) is 0 Å². The number of halogens is 1. The number of nitrogens with one attached hydrogen (secondary N) is 1. The molecular weight excluding hydrogens is 418 g/mol. The molecule has 2 heterocycles. The molecule has 1 aromatic heterocycles. The monoisotopic (exact) mass is 433 g/mol. The molecule has 1 aliphatic rings. The summed E-state index contributed by atoms with van der Waals surface area (Å²) in [6.45, 7) is -0.117. The van der Waals surface area contributed by atoms with Gasteiger partial charge in [-0.3, -0.25) is 4.79 Å². The van der Waals surface area contributed by atoms with Gasteiger partial charge >= 0.3 is 5.97 Å². The molecule has 1 amide bonds. The number of benzene rings is 2. The zero-order valence-corrected chi connectivity index (χ0v) is 16.6. The highest BCUT2D eigenvalue weighted by Crippen LogP contribution is 2.30. The van der Waals surface area contributed by atoms with E-state index in [0.29, 0.717) is 35.1 Å². The Labute approximate surface area is 171 Å². The number of ether oxygens (including phenoxy) is 1. The van der Waals surface area contributed by atoms with Crippen LogP contribution in [0.5, 0.6) is 0 Å². The van der Waals surface area contributed by atoms with Crippen molar-refractivity contribution in [3.05, 3.63) is 58.7 Å². The minimum absolute atomic E-state index is 0.00886. The Hall–Kier alpha value is -2.88. The molecule has 0 atom stereocenters. The predicted octanol–water partition coefficient (Wildman–Crippen LogP) is 2.21. The number of carbonyl (C=O) groups excluding carboxylic acids is 2. The highest BCUT2D eigenvalue weighted by atomic mass is 35.5.